The minimum Gasteiger partial charge on any atom is -0.330 e. The third kappa shape index (κ3) is 2.17. The first-order chi connectivity index (χ1) is 6.56. The summed E-state index contributed by atoms with van der Waals surface area (Å²) in [6.07, 6.45) is 0.195. The van der Waals surface area contributed by atoms with Gasteiger partial charge >= 0.3 is 0 Å². The van der Waals surface area contributed by atoms with Crippen LogP contribution in [-0.4, -0.2) is 12.3 Å². The maximum absolute atomic E-state index is 13.4. The van der Waals surface area contributed by atoms with Crippen molar-refractivity contribution < 1.29 is 9.18 Å². The van der Waals surface area contributed by atoms with Crippen LogP contribution in [0.2, 0.25) is 0 Å². The molecule has 0 saturated heterocycles. The van der Waals surface area contributed by atoms with Crippen molar-refractivity contribution in [2.24, 2.45) is 5.73 Å². The normalized spacial score (nSPS) is 10.3. The summed E-state index contributed by atoms with van der Waals surface area (Å²) in [6, 6.07) is 3.17. The fraction of sp³-hybridized carbons (Fsp3) is 0.364. The summed E-state index contributed by atoms with van der Waals surface area (Å²) in [7, 11) is 0. The highest BCUT2D eigenvalue weighted by atomic mass is 19.1. The summed E-state index contributed by atoms with van der Waals surface area (Å²) in [5.41, 5.74) is 6.94. The first-order valence-electron chi connectivity index (χ1n) is 4.56. The average Bonchev–Trinajstić information content (AvgIpc) is 2.01. The van der Waals surface area contributed by atoms with Crippen molar-refractivity contribution in [1.82, 2.24) is 0 Å². The van der Waals surface area contributed by atoms with Crippen molar-refractivity contribution in [3.8, 4) is 0 Å². The second-order valence-electron chi connectivity index (χ2n) is 3.40. The van der Waals surface area contributed by atoms with E-state index in [2.05, 4.69) is 0 Å². The molecule has 2 nitrogen and oxygen atoms in total. The molecule has 1 rings (SSSR count). The molecule has 0 unspecified atom stereocenters. The number of hydrogen-bond donors (Lipinski definition) is 1. The maximum atomic E-state index is 13.4. The molecule has 0 aliphatic heterocycles. The molecule has 0 spiro atoms. The molecule has 0 fully saturated rings. The van der Waals surface area contributed by atoms with Crippen LogP contribution in [0.4, 0.5) is 4.39 Å². The highest BCUT2D eigenvalue weighted by molar-refractivity contribution is 5.97. The van der Waals surface area contributed by atoms with Gasteiger partial charge in [0.05, 0.1) is 5.56 Å². The second kappa shape index (κ2) is 4.33. The molecule has 0 amide bonds. The van der Waals surface area contributed by atoms with Crippen molar-refractivity contribution in [1.29, 1.82) is 0 Å². The van der Waals surface area contributed by atoms with E-state index in [-0.39, 0.29) is 24.3 Å². The van der Waals surface area contributed by atoms with Crippen molar-refractivity contribution in [3.05, 3.63) is 34.6 Å². The van der Waals surface area contributed by atoms with Gasteiger partial charge in [-0.05, 0) is 37.6 Å². The summed E-state index contributed by atoms with van der Waals surface area (Å²) < 4.78 is 13.4. The minimum absolute atomic E-state index is 0.182. The monoisotopic (exact) mass is 195 g/mol. The molecule has 76 valence electrons. The van der Waals surface area contributed by atoms with Gasteiger partial charge in [-0.25, -0.2) is 4.39 Å². The zero-order valence-corrected chi connectivity index (χ0v) is 8.43. The standard InChI is InChI=1S/C11H14FNO/c1-7-5-8(2)11(9(12)6-7)10(14)3-4-13/h5-6H,3-4,13H2,1-2H3. The summed E-state index contributed by atoms with van der Waals surface area (Å²) in [5, 5.41) is 0. The van der Waals surface area contributed by atoms with Gasteiger partial charge in [0.25, 0.3) is 0 Å². The topological polar surface area (TPSA) is 43.1 Å². The first-order valence-corrected chi connectivity index (χ1v) is 4.56. The van der Waals surface area contributed by atoms with Crippen LogP contribution in [0.15, 0.2) is 12.1 Å². The van der Waals surface area contributed by atoms with Gasteiger partial charge < -0.3 is 5.73 Å². The Morgan fingerprint density at radius 1 is 1.43 bits per heavy atom. The van der Waals surface area contributed by atoms with Gasteiger partial charge in [-0.15, -0.1) is 0 Å². The number of Topliss-reactive ketones (excluding diaryl/α,β-unsaturated/α-hetero) is 1. The van der Waals surface area contributed by atoms with Crippen LogP contribution < -0.4 is 5.73 Å². The van der Waals surface area contributed by atoms with Crippen LogP contribution in [0.25, 0.3) is 0 Å². The Kier molecular flexibility index (Phi) is 3.36. The third-order valence-corrected chi connectivity index (χ3v) is 2.08. The van der Waals surface area contributed by atoms with E-state index in [1.807, 2.05) is 0 Å². The molecule has 0 aliphatic rings. The summed E-state index contributed by atoms with van der Waals surface area (Å²) in [6.45, 7) is 3.79. The van der Waals surface area contributed by atoms with E-state index in [1.54, 1.807) is 19.9 Å². The molecule has 3 heteroatoms. The first kappa shape index (κ1) is 10.9. The van der Waals surface area contributed by atoms with Crippen LogP contribution in [-0.2, 0) is 0 Å². The van der Waals surface area contributed by atoms with E-state index in [0.717, 1.165) is 5.56 Å². The number of halogens is 1. The molecule has 0 bridgehead atoms. The number of rotatable bonds is 3. The minimum atomic E-state index is -0.444. The Labute approximate surface area is 82.9 Å². The highest BCUT2D eigenvalue weighted by Crippen LogP contribution is 2.17. The lowest BCUT2D eigenvalue weighted by Crippen LogP contribution is -2.11. The lowest BCUT2D eigenvalue weighted by atomic mass is 10.00. The lowest BCUT2D eigenvalue weighted by Gasteiger charge is -2.06. The van der Waals surface area contributed by atoms with Crippen molar-refractivity contribution in [2.75, 3.05) is 6.54 Å². The molecular formula is C11H14FNO. The van der Waals surface area contributed by atoms with Gasteiger partial charge in [-0.3, -0.25) is 4.79 Å². The highest BCUT2D eigenvalue weighted by Gasteiger charge is 2.13. The van der Waals surface area contributed by atoms with Crippen LogP contribution >= 0.6 is 0 Å². The molecule has 0 saturated carbocycles. The Bertz CT molecular complexity index is 337. The van der Waals surface area contributed by atoms with Gasteiger partial charge in [-0.1, -0.05) is 6.07 Å². The number of aryl methyl sites for hydroxylation is 2. The number of benzene rings is 1. The fourth-order valence-electron chi connectivity index (χ4n) is 1.52. The Morgan fingerprint density at radius 2 is 2.07 bits per heavy atom. The van der Waals surface area contributed by atoms with Gasteiger partial charge in [0.1, 0.15) is 5.82 Å². The lowest BCUT2D eigenvalue weighted by molar-refractivity contribution is 0.0981. The third-order valence-electron chi connectivity index (χ3n) is 2.08. The Balaban J connectivity index is 3.14. The van der Waals surface area contributed by atoms with Crippen molar-refractivity contribution in [3.63, 3.8) is 0 Å². The Hall–Kier alpha value is -1.22. The van der Waals surface area contributed by atoms with Gasteiger partial charge in [0, 0.05) is 6.42 Å². The van der Waals surface area contributed by atoms with E-state index in [1.165, 1.54) is 6.07 Å². The summed E-state index contributed by atoms with van der Waals surface area (Å²) >= 11 is 0. The van der Waals surface area contributed by atoms with Crippen LogP contribution in [0, 0.1) is 19.7 Å². The van der Waals surface area contributed by atoms with E-state index < -0.39 is 5.82 Å². The number of carbonyl (C=O) groups excluding carboxylic acids is 1. The Morgan fingerprint density at radius 3 is 2.57 bits per heavy atom. The molecule has 0 atom stereocenters. The molecule has 0 aromatic heterocycles. The van der Waals surface area contributed by atoms with E-state index in [0.29, 0.717) is 5.56 Å². The zero-order valence-electron chi connectivity index (χ0n) is 8.43. The molecule has 2 N–H and O–H groups in total. The van der Waals surface area contributed by atoms with E-state index in [9.17, 15) is 9.18 Å². The fourth-order valence-corrected chi connectivity index (χ4v) is 1.52. The number of nitrogens with two attached hydrogens (primary N) is 1. The van der Waals surface area contributed by atoms with Crippen molar-refractivity contribution in [2.45, 2.75) is 20.3 Å². The summed E-state index contributed by atoms with van der Waals surface area (Å²) in [5.74, 6) is -0.663. The smallest absolute Gasteiger partial charge is 0.167 e. The van der Waals surface area contributed by atoms with Gasteiger partial charge in [-0.2, -0.15) is 0 Å². The molecule has 0 aliphatic carbocycles. The SMILES string of the molecule is Cc1cc(C)c(C(=O)CCN)c(F)c1. The number of carbonyl (C=O) groups is 1. The number of ketones is 1. The molecule has 1 aromatic rings. The maximum Gasteiger partial charge on any atom is 0.167 e. The molecule has 1 aromatic carbocycles. The molecule has 14 heavy (non-hydrogen) atoms. The summed E-state index contributed by atoms with van der Waals surface area (Å²) in [4.78, 5) is 11.5. The predicted octanol–water partition coefficient (Wildman–Crippen LogP) is 1.97. The van der Waals surface area contributed by atoms with Crippen LogP contribution in [0.3, 0.4) is 0 Å². The van der Waals surface area contributed by atoms with E-state index in [4.69, 9.17) is 5.73 Å². The molecular weight excluding hydrogens is 181 g/mol. The second-order valence-corrected chi connectivity index (χ2v) is 3.40. The predicted molar refractivity (Wildman–Crippen MR) is 53.9 cm³/mol. The van der Waals surface area contributed by atoms with Crippen LogP contribution in [0.1, 0.15) is 27.9 Å². The van der Waals surface area contributed by atoms with Crippen LogP contribution in [0.5, 0.6) is 0 Å². The largest absolute Gasteiger partial charge is 0.330 e. The van der Waals surface area contributed by atoms with Crippen molar-refractivity contribution >= 4 is 5.78 Å². The van der Waals surface area contributed by atoms with Gasteiger partial charge in [0.2, 0.25) is 0 Å². The number of hydrogen-bond acceptors (Lipinski definition) is 2. The quantitative estimate of drug-likeness (QED) is 0.749. The average molecular weight is 195 g/mol. The van der Waals surface area contributed by atoms with Gasteiger partial charge in [0.15, 0.2) is 5.78 Å². The molecule has 0 heterocycles. The molecule has 0 radical (unpaired) electrons. The van der Waals surface area contributed by atoms with E-state index >= 15 is 0 Å². The zero-order chi connectivity index (χ0) is 10.7.